The lowest BCUT2D eigenvalue weighted by Gasteiger charge is -2.23. The van der Waals surface area contributed by atoms with Crippen LogP contribution in [0.4, 0.5) is 5.69 Å². The zero-order valence-electron chi connectivity index (χ0n) is 9.69. The van der Waals surface area contributed by atoms with Gasteiger partial charge in [-0.25, -0.2) is 0 Å². The highest BCUT2D eigenvalue weighted by atomic mass is 16.5. The van der Waals surface area contributed by atoms with Gasteiger partial charge in [0.15, 0.2) is 0 Å². The van der Waals surface area contributed by atoms with E-state index in [4.69, 9.17) is 10.5 Å². The number of aromatic nitrogens is 1. The van der Waals surface area contributed by atoms with E-state index in [1.165, 1.54) is 6.42 Å². The Morgan fingerprint density at radius 3 is 3.18 bits per heavy atom. The van der Waals surface area contributed by atoms with E-state index in [9.17, 15) is 4.79 Å². The number of nitrogens with two attached hydrogens (primary N) is 1. The summed E-state index contributed by atoms with van der Waals surface area (Å²) in [5, 5.41) is 3.24. The van der Waals surface area contributed by atoms with Crippen molar-refractivity contribution in [1.82, 2.24) is 4.98 Å². The number of carbonyl (C=O) groups excluding carboxylic acids is 1. The quantitative estimate of drug-likeness (QED) is 0.821. The first-order valence-electron chi connectivity index (χ1n) is 5.87. The minimum atomic E-state index is -0.512. The van der Waals surface area contributed by atoms with E-state index in [0.717, 1.165) is 31.7 Å². The number of rotatable bonds is 4. The number of ether oxygens (including phenoxy) is 1. The van der Waals surface area contributed by atoms with Crippen LogP contribution in [-0.4, -0.2) is 30.1 Å². The predicted molar refractivity (Wildman–Crippen MR) is 64.8 cm³/mol. The first-order valence-corrected chi connectivity index (χ1v) is 5.87. The topological polar surface area (TPSA) is 77.2 Å². The molecule has 92 valence electrons. The lowest BCUT2D eigenvalue weighted by molar-refractivity contribution is 0.0247. The van der Waals surface area contributed by atoms with Crippen molar-refractivity contribution >= 4 is 11.6 Å². The Hall–Kier alpha value is -1.62. The van der Waals surface area contributed by atoms with Crippen molar-refractivity contribution in [2.45, 2.75) is 25.4 Å². The first kappa shape index (κ1) is 11.9. The van der Waals surface area contributed by atoms with E-state index < -0.39 is 5.91 Å². The van der Waals surface area contributed by atoms with Crippen LogP contribution in [-0.2, 0) is 4.74 Å². The van der Waals surface area contributed by atoms with E-state index in [-0.39, 0.29) is 11.8 Å². The molecule has 1 aromatic rings. The van der Waals surface area contributed by atoms with Crippen molar-refractivity contribution < 1.29 is 9.53 Å². The highest BCUT2D eigenvalue weighted by molar-refractivity contribution is 5.91. The van der Waals surface area contributed by atoms with Crippen molar-refractivity contribution in [2.75, 3.05) is 18.5 Å². The predicted octanol–water partition coefficient (Wildman–Crippen LogP) is 1.16. The normalized spacial score (nSPS) is 19.9. The monoisotopic (exact) mass is 235 g/mol. The number of anilines is 1. The van der Waals surface area contributed by atoms with Gasteiger partial charge in [0.25, 0.3) is 5.91 Å². The number of hydrogen-bond donors (Lipinski definition) is 2. The van der Waals surface area contributed by atoms with Gasteiger partial charge in [0.05, 0.1) is 6.10 Å². The number of pyridine rings is 1. The molecule has 0 bridgehead atoms. The summed E-state index contributed by atoms with van der Waals surface area (Å²) in [6, 6.07) is 3.47. The fourth-order valence-electron chi connectivity index (χ4n) is 1.88. The number of nitrogens with one attached hydrogen (secondary N) is 1. The maximum atomic E-state index is 11.0. The van der Waals surface area contributed by atoms with Crippen LogP contribution < -0.4 is 11.1 Å². The second kappa shape index (κ2) is 5.63. The molecule has 1 saturated heterocycles. The van der Waals surface area contributed by atoms with Crippen molar-refractivity contribution in [3.05, 3.63) is 24.0 Å². The minimum Gasteiger partial charge on any atom is -0.382 e. The summed E-state index contributed by atoms with van der Waals surface area (Å²) in [6.45, 7) is 1.59. The molecule has 1 aliphatic rings. The van der Waals surface area contributed by atoms with Gasteiger partial charge < -0.3 is 15.8 Å². The number of nitrogens with zero attached hydrogens (tertiary/aromatic N) is 1. The van der Waals surface area contributed by atoms with Crippen molar-refractivity contribution in [3.8, 4) is 0 Å². The Kier molecular flexibility index (Phi) is 3.93. The van der Waals surface area contributed by atoms with Gasteiger partial charge in [-0.15, -0.1) is 0 Å². The van der Waals surface area contributed by atoms with Crippen LogP contribution in [0.2, 0.25) is 0 Å². The first-order chi connectivity index (χ1) is 8.25. The average molecular weight is 235 g/mol. The molecule has 0 saturated carbocycles. The van der Waals surface area contributed by atoms with Crippen LogP contribution in [0.15, 0.2) is 18.3 Å². The van der Waals surface area contributed by atoms with E-state index in [2.05, 4.69) is 10.3 Å². The van der Waals surface area contributed by atoms with Crippen molar-refractivity contribution in [2.24, 2.45) is 5.73 Å². The highest BCUT2D eigenvalue weighted by Crippen LogP contribution is 2.14. The fraction of sp³-hybridized carbons (Fsp3) is 0.500. The Morgan fingerprint density at radius 1 is 1.59 bits per heavy atom. The van der Waals surface area contributed by atoms with Gasteiger partial charge >= 0.3 is 0 Å². The van der Waals surface area contributed by atoms with E-state index in [0.29, 0.717) is 0 Å². The summed E-state index contributed by atoms with van der Waals surface area (Å²) >= 11 is 0. The molecule has 1 aromatic heterocycles. The van der Waals surface area contributed by atoms with Crippen LogP contribution in [0.25, 0.3) is 0 Å². The molecule has 1 atom stereocenters. The highest BCUT2D eigenvalue weighted by Gasteiger charge is 2.13. The molecule has 0 spiro atoms. The Balaban J connectivity index is 1.89. The summed E-state index contributed by atoms with van der Waals surface area (Å²) < 4.78 is 5.61. The summed E-state index contributed by atoms with van der Waals surface area (Å²) in [5.74, 6) is -0.512. The van der Waals surface area contributed by atoms with Crippen molar-refractivity contribution in [3.63, 3.8) is 0 Å². The molecule has 0 radical (unpaired) electrons. The van der Waals surface area contributed by atoms with Gasteiger partial charge in [-0.1, -0.05) is 0 Å². The molecule has 2 heterocycles. The molecule has 17 heavy (non-hydrogen) atoms. The molecule has 0 aromatic carbocycles. The molecule has 5 nitrogen and oxygen atoms in total. The minimum absolute atomic E-state index is 0.258. The number of primary amides is 1. The summed E-state index contributed by atoms with van der Waals surface area (Å²) in [7, 11) is 0. The van der Waals surface area contributed by atoms with Crippen LogP contribution in [0.3, 0.4) is 0 Å². The zero-order valence-corrected chi connectivity index (χ0v) is 9.69. The van der Waals surface area contributed by atoms with Gasteiger partial charge in [0, 0.05) is 25.0 Å². The lowest BCUT2D eigenvalue weighted by Crippen LogP contribution is -2.27. The Labute approximate surface area is 100 Å². The van der Waals surface area contributed by atoms with Gasteiger partial charge in [-0.05, 0) is 31.4 Å². The maximum absolute atomic E-state index is 11.0. The number of hydrogen-bond acceptors (Lipinski definition) is 4. The number of amides is 1. The van der Waals surface area contributed by atoms with Gasteiger partial charge in [0.1, 0.15) is 5.69 Å². The standard InChI is InChI=1S/C12H17N3O2/c13-12(16)11-7-9(4-5-14-11)15-8-10-3-1-2-6-17-10/h4-5,7,10H,1-3,6,8H2,(H2,13,16)(H,14,15). The SMILES string of the molecule is NC(=O)c1cc(NCC2CCCCO2)ccn1. The third-order valence-corrected chi connectivity index (χ3v) is 2.82. The van der Waals surface area contributed by atoms with Crippen LogP contribution in [0, 0.1) is 0 Å². The largest absolute Gasteiger partial charge is 0.382 e. The smallest absolute Gasteiger partial charge is 0.267 e. The third-order valence-electron chi connectivity index (χ3n) is 2.82. The molecular formula is C12H17N3O2. The Morgan fingerprint density at radius 2 is 2.47 bits per heavy atom. The molecule has 3 N–H and O–H groups in total. The van der Waals surface area contributed by atoms with Crippen LogP contribution in [0.5, 0.6) is 0 Å². The molecule has 1 aliphatic heterocycles. The summed E-state index contributed by atoms with van der Waals surface area (Å²) in [6.07, 6.45) is 5.28. The van der Waals surface area contributed by atoms with Crippen LogP contribution >= 0.6 is 0 Å². The van der Waals surface area contributed by atoms with Gasteiger partial charge in [-0.3, -0.25) is 9.78 Å². The zero-order chi connectivity index (χ0) is 12.1. The fourth-order valence-corrected chi connectivity index (χ4v) is 1.88. The second-order valence-electron chi connectivity index (χ2n) is 4.16. The molecule has 1 amide bonds. The third kappa shape index (κ3) is 3.42. The van der Waals surface area contributed by atoms with Crippen LogP contribution in [0.1, 0.15) is 29.8 Å². The van der Waals surface area contributed by atoms with Gasteiger partial charge in [-0.2, -0.15) is 0 Å². The summed E-state index contributed by atoms with van der Waals surface area (Å²) in [5.41, 5.74) is 6.30. The molecular weight excluding hydrogens is 218 g/mol. The molecule has 1 fully saturated rings. The lowest BCUT2D eigenvalue weighted by atomic mass is 10.1. The van der Waals surface area contributed by atoms with Gasteiger partial charge in [0.2, 0.25) is 0 Å². The van der Waals surface area contributed by atoms with Crippen molar-refractivity contribution in [1.29, 1.82) is 0 Å². The maximum Gasteiger partial charge on any atom is 0.267 e. The average Bonchev–Trinajstić information content (AvgIpc) is 2.38. The van der Waals surface area contributed by atoms with E-state index in [1.54, 1.807) is 12.3 Å². The van der Waals surface area contributed by atoms with E-state index in [1.807, 2.05) is 6.07 Å². The Bertz CT molecular complexity index is 389. The van der Waals surface area contributed by atoms with E-state index >= 15 is 0 Å². The molecule has 5 heteroatoms. The molecule has 0 aliphatic carbocycles. The number of carbonyl (C=O) groups is 1. The summed E-state index contributed by atoms with van der Waals surface area (Å²) in [4.78, 5) is 14.9. The molecule has 1 unspecified atom stereocenters. The second-order valence-corrected chi connectivity index (χ2v) is 4.16. The molecule has 2 rings (SSSR count).